The van der Waals surface area contributed by atoms with Gasteiger partial charge in [-0.2, -0.15) is 0 Å². The van der Waals surface area contributed by atoms with Gasteiger partial charge in [0.2, 0.25) is 6.41 Å². The Morgan fingerprint density at radius 1 is 1.67 bits per heavy atom. The molecule has 0 saturated heterocycles. The van der Waals surface area contributed by atoms with Gasteiger partial charge in [0.15, 0.2) is 0 Å². The molecule has 0 unspecified atom stereocenters. The van der Waals surface area contributed by atoms with E-state index in [0.29, 0.717) is 6.41 Å². The Labute approximate surface area is 55.3 Å². The average Bonchev–Trinajstić information content (AvgIpc) is 1.85. The maximum atomic E-state index is 9.78. The number of allylic oxidation sites excluding steroid dienone is 2. The summed E-state index contributed by atoms with van der Waals surface area (Å²) in [5.41, 5.74) is 0.741. The number of amides is 1. The van der Waals surface area contributed by atoms with Crippen molar-refractivity contribution in [3.8, 4) is 0 Å². The smallest absolute Gasteiger partial charge is 0.211 e. The number of carbonyl (C=O) groups is 1. The van der Waals surface area contributed by atoms with Crippen molar-refractivity contribution in [3.63, 3.8) is 0 Å². The van der Waals surface area contributed by atoms with Crippen molar-refractivity contribution in [1.29, 1.82) is 0 Å². The van der Waals surface area contributed by atoms with Gasteiger partial charge in [0.05, 0.1) is 0 Å². The van der Waals surface area contributed by atoms with E-state index in [4.69, 9.17) is 0 Å². The fourth-order valence-electron chi connectivity index (χ4n) is 0.432. The highest BCUT2D eigenvalue weighted by Gasteiger charge is 1.86. The van der Waals surface area contributed by atoms with Gasteiger partial charge in [0.1, 0.15) is 0 Å². The van der Waals surface area contributed by atoms with Crippen molar-refractivity contribution in [2.45, 2.75) is 12.8 Å². The van der Waals surface area contributed by atoms with E-state index in [9.17, 15) is 4.79 Å². The molecule has 0 aromatic heterocycles. The summed E-state index contributed by atoms with van der Waals surface area (Å²) in [5, 5.41) is 2.46. The molecule has 0 aliphatic carbocycles. The number of rotatable bonds is 5. The SMILES string of the molecule is C=CCCC(=C)NC=O. The van der Waals surface area contributed by atoms with Crippen molar-refractivity contribution in [2.75, 3.05) is 0 Å². The zero-order valence-corrected chi connectivity index (χ0v) is 5.39. The van der Waals surface area contributed by atoms with Gasteiger partial charge in [-0.05, 0) is 12.8 Å². The normalized spacial score (nSPS) is 8.00. The molecule has 0 aliphatic heterocycles. The van der Waals surface area contributed by atoms with Gasteiger partial charge in [0, 0.05) is 5.70 Å². The Balaban J connectivity index is 3.26. The van der Waals surface area contributed by atoms with Crippen molar-refractivity contribution < 1.29 is 4.79 Å². The first kappa shape index (κ1) is 7.95. The van der Waals surface area contributed by atoms with Crippen LogP contribution in [0.3, 0.4) is 0 Å². The minimum absolute atomic E-state index is 0.630. The summed E-state index contributed by atoms with van der Waals surface area (Å²) in [6, 6.07) is 0. The van der Waals surface area contributed by atoms with E-state index >= 15 is 0 Å². The van der Waals surface area contributed by atoms with Crippen LogP contribution in [0.15, 0.2) is 24.9 Å². The Hall–Kier alpha value is -1.05. The highest BCUT2D eigenvalue weighted by molar-refractivity contribution is 5.49. The van der Waals surface area contributed by atoms with Crippen molar-refractivity contribution in [3.05, 3.63) is 24.9 Å². The van der Waals surface area contributed by atoms with Crippen LogP contribution in [0.5, 0.6) is 0 Å². The quantitative estimate of drug-likeness (QED) is 0.434. The van der Waals surface area contributed by atoms with Crippen LogP contribution < -0.4 is 5.32 Å². The number of hydrogen-bond donors (Lipinski definition) is 1. The molecule has 2 nitrogen and oxygen atoms in total. The molecule has 1 N–H and O–H groups in total. The van der Waals surface area contributed by atoms with Crippen LogP contribution >= 0.6 is 0 Å². The third-order valence-electron chi connectivity index (χ3n) is 0.913. The van der Waals surface area contributed by atoms with Gasteiger partial charge < -0.3 is 5.32 Å². The van der Waals surface area contributed by atoms with Gasteiger partial charge in [-0.25, -0.2) is 0 Å². The second-order valence-corrected chi connectivity index (χ2v) is 1.69. The highest BCUT2D eigenvalue weighted by Crippen LogP contribution is 1.96. The van der Waals surface area contributed by atoms with E-state index in [1.54, 1.807) is 6.08 Å². The van der Waals surface area contributed by atoms with Gasteiger partial charge in [-0.15, -0.1) is 6.58 Å². The van der Waals surface area contributed by atoms with Crippen LogP contribution in [0, 0.1) is 0 Å². The van der Waals surface area contributed by atoms with Crippen molar-refractivity contribution in [2.24, 2.45) is 0 Å². The predicted octanol–water partition coefficient (Wildman–Crippen LogP) is 1.21. The first-order valence-corrected chi connectivity index (χ1v) is 2.80. The fourth-order valence-corrected chi connectivity index (χ4v) is 0.432. The summed E-state index contributed by atoms with van der Waals surface area (Å²) in [5.74, 6) is 0. The van der Waals surface area contributed by atoms with E-state index < -0.39 is 0 Å². The molecule has 0 rings (SSSR count). The molecule has 0 atom stereocenters. The first-order chi connectivity index (χ1) is 4.31. The summed E-state index contributed by atoms with van der Waals surface area (Å²) >= 11 is 0. The van der Waals surface area contributed by atoms with Gasteiger partial charge >= 0.3 is 0 Å². The van der Waals surface area contributed by atoms with Crippen LogP contribution in [0.4, 0.5) is 0 Å². The maximum Gasteiger partial charge on any atom is 0.211 e. The highest BCUT2D eigenvalue weighted by atomic mass is 16.1. The number of hydrogen-bond acceptors (Lipinski definition) is 1. The van der Waals surface area contributed by atoms with Crippen molar-refractivity contribution >= 4 is 6.41 Å². The largest absolute Gasteiger partial charge is 0.333 e. The molecule has 0 saturated carbocycles. The zero-order valence-electron chi connectivity index (χ0n) is 5.39. The Kier molecular flexibility index (Phi) is 4.50. The molecule has 50 valence electrons. The lowest BCUT2D eigenvalue weighted by Gasteiger charge is -1.97. The average molecular weight is 125 g/mol. The lowest BCUT2D eigenvalue weighted by Crippen LogP contribution is -2.07. The standard InChI is InChI=1S/C7H11NO/c1-3-4-5-7(2)8-6-9/h3,6H,1-2,4-5H2,(H,8,9). The van der Waals surface area contributed by atoms with Gasteiger partial charge in [-0.1, -0.05) is 12.7 Å². The lowest BCUT2D eigenvalue weighted by molar-refractivity contribution is -0.108. The van der Waals surface area contributed by atoms with E-state index in [1.165, 1.54) is 0 Å². The third kappa shape index (κ3) is 4.81. The fraction of sp³-hybridized carbons (Fsp3) is 0.286. The van der Waals surface area contributed by atoms with Crippen LogP contribution in [0.1, 0.15) is 12.8 Å². The van der Waals surface area contributed by atoms with E-state index in [2.05, 4.69) is 18.5 Å². The lowest BCUT2D eigenvalue weighted by atomic mass is 10.2. The summed E-state index contributed by atoms with van der Waals surface area (Å²) < 4.78 is 0. The van der Waals surface area contributed by atoms with Gasteiger partial charge in [-0.3, -0.25) is 4.79 Å². The zero-order chi connectivity index (χ0) is 7.11. The summed E-state index contributed by atoms with van der Waals surface area (Å²) in [6.45, 7) is 7.13. The molecule has 9 heavy (non-hydrogen) atoms. The Morgan fingerprint density at radius 3 is 2.78 bits per heavy atom. The Morgan fingerprint density at radius 2 is 2.33 bits per heavy atom. The van der Waals surface area contributed by atoms with E-state index in [1.807, 2.05) is 0 Å². The van der Waals surface area contributed by atoms with Crippen molar-refractivity contribution in [1.82, 2.24) is 5.32 Å². The monoisotopic (exact) mass is 125 g/mol. The predicted molar refractivity (Wildman–Crippen MR) is 37.8 cm³/mol. The Bertz CT molecular complexity index is 118. The van der Waals surface area contributed by atoms with Crippen LogP contribution in [0.25, 0.3) is 0 Å². The van der Waals surface area contributed by atoms with Gasteiger partial charge in [0.25, 0.3) is 0 Å². The topological polar surface area (TPSA) is 29.1 Å². The molecule has 1 amide bonds. The van der Waals surface area contributed by atoms with E-state index in [0.717, 1.165) is 18.5 Å². The molecule has 0 radical (unpaired) electrons. The second-order valence-electron chi connectivity index (χ2n) is 1.69. The van der Waals surface area contributed by atoms with Crippen LogP contribution in [-0.2, 0) is 4.79 Å². The number of carbonyl (C=O) groups excluding carboxylic acids is 1. The number of nitrogens with one attached hydrogen (secondary N) is 1. The van der Waals surface area contributed by atoms with Crippen LogP contribution in [-0.4, -0.2) is 6.41 Å². The molecule has 0 bridgehead atoms. The molecule has 0 aromatic rings. The third-order valence-corrected chi connectivity index (χ3v) is 0.913. The minimum atomic E-state index is 0.630. The molecular formula is C7H11NO. The summed E-state index contributed by atoms with van der Waals surface area (Å²) in [6.07, 6.45) is 4.06. The minimum Gasteiger partial charge on any atom is -0.333 e. The second kappa shape index (κ2) is 5.09. The summed E-state index contributed by atoms with van der Waals surface area (Å²) in [7, 11) is 0. The van der Waals surface area contributed by atoms with Crippen LogP contribution in [0.2, 0.25) is 0 Å². The summed E-state index contributed by atoms with van der Waals surface area (Å²) in [4.78, 5) is 9.78. The first-order valence-electron chi connectivity index (χ1n) is 2.80. The molecule has 0 heterocycles. The molecular weight excluding hydrogens is 114 g/mol. The maximum absolute atomic E-state index is 9.78. The van der Waals surface area contributed by atoms with E-state index in [-0.39, 0.29) is 0 Å². The molecule has 0 spiro atoms. The molecule has 0 aliphatic rings. The molecule has 0 aromatic carbocycles. The molecule has 2 heteroatoms. The molecule has 0 fully saturated rings.